The second kappa shape index (κ2) is 3.49. The summed E-state index contributed by atoms with van der Waals surface area (Å²) in [5.74, 6) is 0.513. The SMILES string of the molecule is CC(c1nccnc1N)N(C)C. The van der Waals surface area contributed by atoms with Crippen LogP contribution < -0.4 is 5.73 Å². The van der Waals surface area contributed by atoms with E-state index in [0.29, 0.717) is 5.82 Å². The third-order valence-electron chi connectivity index (χ3n) is 1.93. The van der Waals surface area contributed by atoms with E-state index >= 15 is 0 Å². The molecule has 0 bridgehead atoms. The van der Waals surface area contributed by atoms with E-state index < -0.39 is 0 Å². The van der Waals surface area contributed by atoms with Gasteiger partial charge in [0, 0.05) is 12.4 Å². The van der Waals surface area contributed by atoms with Crippen LogP contribution in [0.4, 0.5) is 5.82 Å². The molecule has 0 amide bonds. The Morgan fingerprint density at radius 3 is 2.42 bits per heavy atom. The van der Waals surface area contributed by atoms with Crippen molar-refractivity contribution in [1.82, 2.24) is 14.9 Å². The van der Waals surface area contributed by atoms with Gasteiger partial charge in [0.15, 0.2) is 0 Å². The van der Waals surface area contributed by atoms with Gasteiger partial charge < -0.3 is 10.6 Å². The third kappa shape index (κ3) is 1.71. The van der Waals surface area contributed by atoms with Gasteiger partial charge in [0.2, 0.25) is 0 Å². The highest BCUT2D eigenvalue weighted by atomic mass is 15.1. The molecule has 1 aromatic heterocycles. The first-order valence-electron chi connectivity index (χ1n) is 3.85. The normalized spacial score (nSPS) is 13.3. The minimum absolute atomic E-state index is 0.207. The van der Waals surface area contributed by atoms with Crippen molar-refractivity contribution in [3.63, 3.8) is 0 Å². The molecule has 1 aromatic rings. The first-order valence-corrected chi connectivity index (χ1v) is 3.85. The number of hydrogen-bond donors (Lipinski definition) is 1. The number of rotatable bonds is 2. The summed E-state index contributed by atoms with van der Waals surface area (Å²) in [7, 11) is 3.97. The molecule has 0 spiro atoms. The van der Waals surface area contributed by atoms with E-state index in [1.807, 2.05) is 25.9 Å². The Morgan fingerprint density at radius 2 is 1.92 bits per heavy atom. The minimum atomic E-state index is 0.207. The molecule has 1 heterocycles. The second-order valence-corrected chi connectivity index (χ2v) is 2.97. The molecule has 0 saturated heterocycles. The van der Waals surface area contributed by atoms with Crippen LogP contribution in [0, 0.1) is 0 Å². The number of nitrogen functional groups attached to an aromatic ring is 1. The van der Waals surface area contributed by atoms with Crippen molar-refractivity contribution < 1.29 is 0 Å². The number of anilines is 1. The average Bonchev–Trinajstić information content (AvgIpc) is 2.04. The maximum Gasteiger partial charge on any atom is 0.146 e. The fourth-order valence-corrected chi connectivity index (χ4v) is 0.926. The zero-order chi connectivity index (χ0) is 9.14. The maximum atomic E-state index is 5.66. The molecule has 1 rings (SSSR count). The molecule has 12 heavy (non-hydrogen) atoms. The Hall–Kier alpha value is -1.16. The Morgan fingerprint density at radius 1 is 1.33 bits per heavy atom. The van der Waals surface area contributed by atoms with Gasteiger partial charge in [-0.3, -0.25) is 4.98 Å². The quantitative estimate of drug-likeness (QED) is 0.702. The largest absolute Gasteiger partial charge is 0.382 e. The highest BCUT2D eigenvalue weighted by Gasteiger charge is 2.12. The molecule has 0 saturated carbocycles. The molecule has 0 radical (unpaired) electrons. The summed E-state index contributed by atoms with van der Waals surface area (Å²) in [4.78, 5) is 10.2. The molecule has 1 atom stereocenters. The molecule has 0 aliphatic heterocycles. The van der Waals surface area contributed by atoms with Gasteiger partial charge in [0.1, 0.15) is 5.82 Å². The number of hydrogen-bond acceptors (Lipinski definition) is 4. The van der Waals surface area contributed by atoms with Crippen molar-refractivity contribution in [3.05, 3.63) is 18.1 Å². The number of nitrogens with zero attached hydrogens (tertiary/aromatic N) is 3. The Labute approximate surface area is 72.4 Å². The van der Waals surface area contributed by atoms with Gasteiger partial charge in [0.05, 0.1) is 11.7 Å². The van der Waals surface area contributed by atoms with Crippen LogP contribution in [0.3, 0.4) is 0 Å². The molecule has 1 unspecified atom stereocenters. The summed E-state index contributed by atoms with van der Waals surface area (Å²) in [6.45, 7) is 2.04. The van der Waals surface area contributed by atoms with Crippen LogP contribution in [0.15, 0.2) is 12.4 Å². The van der Waals surface area contributed by atoms with Crippen LogP contribution in [-0.4, -0.2) is 29.0 Å². The van der Waals surface area contributed by atoms with E-state index in [4.69, 9.17) is 5.73 Å². The lowest BCUT2D eigenvalue weighted by Gasteiger charge is -2.19. The lowest BCUT2D eigenvalue weighted by atomic mass is 10.2. The minimum Gasteiger partial charge on any atom is -0.382 e. The summed E-state index contributed by atoms with van der Waals surface area (Å²) in [6.07, 6.45) is 3.26. The van der Waals surface area contributed by atoms with Gasteiger partial charge in [-0.1, -0.05) is 0 Å². The predicted octanol–water partition coefficient (Wildman–Crippen LogP) is 0.681. The van der Waals surface area contributed by atoms with Crippen LogP contribution in [0.25, 0.3) is 0 Å². The molecule has 66 valence electrons. The van der Waals surface area contributed by atoms with E-state index in [1.165, 1.54) is 0 Å². The molecule has 0 aliphatic rings. The molecule has 0 aliphatic carbocycles. The van der Waals surface area contributed by atoms with Crippen LogP contribution in [0.1, 0.15) is 18.7 Å². The van der Waals surface area contributed by atoms with Gasteiger partial charge in [-0.05, 0) is 21.0 Å². The highest BCUT2D eigenvalue weighted by molar-refractivity contribution is 5.34. The van der Waals surface area contributed by atoms with Crippen molar-refractivity contribution >= 4 is 5.82 Å². The lowest BCUT2D eigenvalue weighted by molar-refractivity contribution is 0.315. The smallest absolute Gasteiger partial charge is 0.146 e. The second-order valence-electron chi connectivity index (χ2n) is 2.97. The summed E-state index contributed by atoms with van der Waals surface area (Å²) in [5.41, 5.74) is 6.49. The van der Waals surface area contributed by atoms with Gasteiger partial charge >= 0.3 is 0 Å². The van der Waals surface area contributed by atoms with E-state index in [1.54, 1.807) is 12.4 Å². The van der Waals surface area contributed by atoms with Crippen molar-refractivity contribution in [2.24, 2.45) is 0 Å². The summed E-state index contributed by atoms with van der Waals surface area (Å²) < 4.78 is 0. The summed E-state index contributed by atoms with van der Waals surface area (Å²) in [5, 5.41) is 0. The first-order chi connectivity index (χ1) is 5.63. The summed E-state index contributed by atoms with van der Waals surface area (Å²) in [6, 6.07) is 0.207. The topological polar surface area (TPSA) is 55.0 Å². The van der Waals surface area contributed by atoms with Gasteiger partial charge in [-0.25, -0.2) is 4.98 Å². The fourth-order valence-electron chi connectivity index (χ4n) is 0.926. The van der Waals surface area contributed by atoms with Gasteiger partial charge in [0.25, 0.3) is 0 Å². The fraction of sp³-hybridized carbons (Fsp3) is 0.500. The number of aromatic nitrogens is 2. The molecule has 4 heteroatoms. The van der Waals surface area contributed by atoms with Crippen LogP contribution in [0.5, 0.6) is 0 Å². The Bertz CT molecular complexity index is 259. The van der Waals surface area contributed by atoms with E-state index in [2.05, 4.69) is 9.97 Å². The van der Waals surface area contributed by atoms with Crippen LogP contribution in [0.2, 0.25) is 0 Å². The lowest BCUT2D eigenvalue weighted by Crippen LogP contribution is -2.19. The zero-order valence-corrected chi connectivity index (χ0v) is 7.65. The molecule has 2 N–H and O–H groups in total. The molecular formula is C8H14N4. The van der Waals surface area contributed by atoms with Crippen molar-refractivity contribution in [1.29, 1.82) is 0 Å². The van der Waals surface area contributed by atoms with Crippen LogP contribution in [-0.2, 0) is 0 Å². The highest BCUT2D eigenvalue weighted by Crippen LogP contribution is 2.17. The average molecular weight is 166 g/mol. The maximum absolute atomic E-state index is 5.66. The van der Waals surface area contributed by atoms with Crippen molar-refractivity contribution in [2.75, 3.05) is 19.8 Å². The van der Waals surface area contributed by atoms with Gasteiger partial charge in [-0.2, -0.15) is 0 Å². The number of nitrogens with two attached hydrogens (primary N) is 1. The standard InChI is InChI=1S/C8H14N4/c1-6(12(2)3)7-8(9)11-5-4-10-7/h4-6H,1-3H3,(H2,9,11). The molecular weight excluding hydrogens is 152 g/mol. The Balaban J connectivity index is 2.94. The molecule has 4 nitrogen and oxygen atoms in total. The molecule has 0 aromatic carbocycles. The zero-order valence-electron chi connectivity index (χ0n) is 7.65. The molecule has 0 fully saturated rings. The van der Waals surface area contributed by atoms with E-state index in [0.717, 1.165) is 5.69 Å². The third-order valence-corrected chi connectivity index (χ3v) is 1.93. The van der Waals surface area contributed by atoms with Crippen LogP contribution >= 0.6 is 0 Å². The monoisotopic (exact) mass is 166 g/mol. The van der Waals surface area contributed by atoms with E-state index in [-0.39, 0.29) is 6.04 Å². The first kappa shape index (κ1) is 8.93. The van der Waals surface area contributed by atoms with Crippen molar-refractivity contribution in [2.45, 2.75) is 13.0 Å². The van der Waals surface area contributed by atoms with Crippen molar-refractivity contribution in [3.8, 4) is 0 Å². The van der Waals surface area contributed by atoms with Gasteiger partial charge in [-0.15, -0.1) is 0 Å². The van der Waals surface area contributed by atoms with E-state index in [9.17, 15) is 0 Å². The predicted molar refractivity (Wildman–Crippen MR) is 48.5 cm³/mol. The Kier molecular flexibility index (Phi) is 2.60. The summed E-state index contributed by atoms with van der Waals surface area (Å²) >= 11 is 0.